The van der Waals surface area contributed by atoms with Crippen molar-refractivity contribution in [3.63, 3.8) is 0 Å². The van der Waals surface area contributed by atoms with Crippen LogP contribution in [0.15, 0.2) is 60.7 Å². The van der Waals surface area contributed by atoms with Crippen molar-refractivity contribution in [1.29, 1.82) is 0 Å². The van der Waals surface area contributed by atoms with E-state index in [0.717, 1.165) is 50.1 Å². The van der Waals surface area contributed by atoms with Crippen LogP contribution in [0, 0.1) is 0 Å². The molecule has 0 spiro atoms. The normalized spacial score (nSPS) is 13.1. The van der Waals surface area contributed by atoms with Crippen LogP contribution in [0.1, 0.15) is 127 Å². The molecule has 2 aromatic carbocycles. The number of carboxylic acid groups (broad SMARTS) is 1. The van der Waals surface area contributed by atoms with Crippen molar-refractivity contribution in [3.8, 4) is 0 Å². The maximum absolute atomic E-state index is 12.8. The van der Waals surface area contributed by atoms with Crippen molar-refractivity contribution in [2.24, 2.45) is 0 Å². The number of carbonyl (C=O) groups is 2. The highest BCUT2D eigenvalue weighted by atomic mass is 16.4. The number of likely N-dealkylation sites (tertiary alicyclic amines) is 1. The Morgan fingerprint density at radius 1 is 0.707 bits per heavy atom. The fourth-order valence-corrected chi connectivity index (χ4v) is 5.53. The Morgan fingerprint density at radius 2 is 1.15 bits per heavy atom. The second-order valence-corrected chi connectivity index (χ2v) is 11.5. The molecule has 41 heavy (non-hydrogen) atoms. The first-order chi connectivity index (χ1) is 20.1. The first kappa shape index (κ1) is 34.5. The number of hydrogen-bond acceptors (Lipinski definition) is 3. The van der Waals surface area contributed by atoms with E-state index in [1.807, 2.05) is 60.7 Å². The SMILES string of the molecule is CCCCCCCCCCCCCCCC(=O)O.O=C(NCCN1CCCC1)C(c1ccccc1)c1ccccc1. The van der Waals surface area contributed by atoms with Crippen molar-refractivity contribution in [2.45, 2.75) is 116 Å². The van der Waals surface area contributed by atoms with Gasteiger partial charge in [0.1, 0.15) is 0 Å². The lowest BCUT2D eigenvalue weighted by Gasteiger charge is -2.20. The van der Waals surface area contributed by atoms with Crippen molar-refractivity contribution < 1.29 is 14.7 Å². The largest absolute Gasteiger partial charge is 0.481 e. The molecule has 1 heterocycles. The molecule has 228 valence electrons. The van der Waals surface area contributed by atoms with Gasteiger partial charge in [0.25, 0.3) is 0 Å². The molecule has 1 fully saturated rings. The number of unbranched alkanes of at least 4 members (excludes halogenated alkanes) is 12. The molecule has 0 unspecified atom stereocenters. The predicted molar refractivity (Wildman–Crippen MR) is 171 cm³/mol. The summed E-state index contributed by atoms with van der Waals surface area (Å²) in [5, 5.41) is 11.6. The zero-order valence-electron chi connectivity index (χ0n) is 25.7. The van der Waals surface area contributed by atoms with Gasteiger partial charge in [-0.1, -0.05) is 145 Å². The van der Waals surface area contributed by atoms with Gasteiger partial charge in [-0.05, 0) is 43.5 Å². The smallest absolute Gasteiger partial charge is 0.303 e. The number of carboxylic acids is 1. The molecule has 1 amide bonds. The molecule has 0 saturated carbocycles. The van der Waals surface area contributed by atoms with Crippen LogP contribution in [-0.4, -0.2) is 48.1 Å². The minimum absolute atomic E-state index is 0.0848. The standard InChI is InChI=1S/C20H24N2O.C16H32O2/c23-20(21-13-16-22-14-7-8-15-22)19(17-9-3-1-4-10-17)18-11-5-2-6-12-18;1-2-3-4-5-6-7-8-9-10-11-12-13-14-15-16(17)18/h1-6,9-12,19H,7-8,13-16H2,(H,21,23);2-15H2,1H3,(H,17,18). The molecular formula is C36H56N2O3. The summed E-state index contributed by atoms with van der Waals surface area (Å²) in [7, 11) is 0. The zero-order valence-corrected chi connectivity index (χ0v) is 25.7. The van der Waals surface area contributed by atoms with Crippen LogP contribution in [0.4, 0.5) is 0 Å². The van der Waals surface area contributed by atoms with Crippen molar-refractivity contribution in [1.82, 2.24) is 10.2 Å². The van der Waals surface area contributed by atoms with Gasteiger partial charge < -0.3 is 15.3 Å². The number of nitrogens with one attached hydrogen (secondary N) is 1. The van der Waals surface area contributed by atoms with E-state index in [1.54, 1.807) is 0 Å². The molecule has 0 radical (unpaired) electrons. The average Bonchev–Trinajstić information content (AvgIpc) is 3.51. The molecule has 0 aromatic heterocycles. The Kier molecular flexibility index (Phi) is 19.3. The van der Waals surface area contributed by atoms with Crippen molar-refractivity contribution >= 4 is 11.9 Å². The highest BCUT2D eigenvalue weighted by Crippen LogP contribution is 2.24. The van der Waals surface area contributed by atoms with Crippen LogP contribution in [0.2, 0.25) is 0 Å². The molecule has 2 aromatic rings. The van der Waals surface area contributed by atoms with Gasteiger partial charge >= 0.3 is 5.97 Å². The quantitative estimate of drug-likeness (QED) is 0.158. The molecule has 1 aliphatic heterocycles. The fraction of sp³-hybridized carbons (Fsp3) is 0.611. The Hall–Kier alpha value is -2.66. The third kappa shape index (κ3) is 16.4. The summed E-state index contributed by atoms with van der Waals surface area (Å²) in [6.07, 6.45) is 19.8. The molecule has 5 heteroatoms. The predicted octanol–water partition coefficient (Wildman–Crippen LogP) is 8.58. The third-order valence-corrected chi connectivity index (χ3v) is 7.95. The fourth-order valence-electron chi connectivity index (χ4n) is 5.53. The number of nitrogens with zero attached hydrogens (tertiary/aromatic N) is 1. The van der Waals surface area contributed by atoms with Crippen LogP contribution < -0.4 is 5.32 Å². The van der Waals surface area contributed by atoms with E-state index < -0.39 is 5.97 Å². The van der Waals surface area contributed by atoms with E-state index >= 15 is 0 Å². The number of hydrogen-bond donors (Lipinski definition) is 2. The van der Waals surface area contributed by atoms with E-state index in [2.05, 4.69) is 17.1 Å². The highest BCUT2D eigenvalue weighted by Gasteiger charge is 2.22. The summed E-state index contributed by atoms with van der Waals surface area (Å²) in [5.74, 6) is -0.810. The Balaban J connectivity index is 0.000000298. The minimum Gasteiger partial charge on any atom is -0.481 e. The summed E-state index contributed by atoms with van der Waals surface area (Å²) >= 11 is 0. The summed E-state index contributed by atoms with van der Waals surface area (Å²) in [4.78, 5) is 25.5. The van der Waals surface area contributed by atoms with E-state index in [-0.39, 0.29) is 11.8 Å². The summed E-state index contributed by atoms with van der Waals surface area (Å²) in [6, 6.07) is 20.0. The Labute approximate surface area is 250 Å². The first-order valence-corrected chi connectivity index (χ1v) is 16.4. The molecule has 5 nitrogen and oxygen atoms in total. The highest BCUT2D eigenvalue weighted by molar-refractivity contribution is 5.87. The molecule has 0 aliphatic carbocycles. The van der Waals surface area contributed by atoms with Gasteiger partial charge in [-0.3, -0.25) is 9.59 Å². The lowest BCUT2D eigenvalue weighted by molar-refractivity contribution is -0.137. The average molecular weight is 565 g/mol. The molecule has 2 N–H and O–H groups in total. The second kappa shape index (κ2) is 23.0. The maximum Gasteiger partial charge on any atom is 0.303 e. The molecule has 3 rings (SSSR count). The topological polar surface area (TPSA) is 69.6 Å². The van der Waals surface area contributed by atoms with Crippen molar-refractivity contribution in [3.05, 3.63) is 71.8 Å². The lowest BCUT2D eigenvalue weighted by Crippen LogP contribution is -2.36. The van der Waals surface area contributed by atoms with E-state index in [9.17, 15) is 9.59 Å². The van der Waals surface area contributed by atoms with Gasteiger partial charge in [-0.25, -0.2) is 0 Å². The monoisotopic (exact) mass is 564 g/mol. The summed E-state index contributed by atoms with van der Waals surface area (Å²) in [6.45, 7) is 6.25. The van der Waals surface area contributed by atoms with E-state index in [0.29, 0.717) is 6.42 Å². The van der Waals surface area contributed by atoms with Gasteiger partial charge in [0.2, 0.25) is 5.91 Å². The van der Waals surface area contributed by atoms with Crippen LogP contribution in [0.5, 0.6) is 0 Å². The molecule has 0 bridgehead atoms. The summed E-state index contributed by atoms with van der Waals surface area (Å²) in [5.41, 5.74) is 2.08. The van der Waals surface area contributed by atoms with E-state index in [1.165, 1.54) is 83.5 Å². The van der Waals surface area contributed by atoms with Crippen LogP contribution in [0.25, 0.3) is 0 Å². The molecule has 1 aliphatic rings. The maximum atomic E-state index is 12.8. The van der Waals surface area contributed by atoms with Gasteiger partial charge in [-0.15, -0.1) is 0 Å². The Bertz CT molecular complexity index is 873. The number of rotatable bonds is 20. The number of amides is 1. The van der Waals surface area contributed by atoms with E-state index in [4.69, 9.17) is 5.11 Å². The van der Waals surface area contributed by atoms with Gasteiger partial charge in [0.05, 0.1) is 5.92 Å². The van der Waals surface area contributed by atoms with Gasteiger partial charge in [0, 0.05) is 19.5 Å². The number of benzene rings is 2. The number of aliphatic carboxylic acids is 1. The van der Waals surface area contributed by atoms with Gasteiger partial charge in [-0.2, -0.15) is 0 Å². The second-order valence-electron chi connectivity index (χ2n) is 11.5. The molecular weight excluding hydrogens is 508 g/mol. The zero-order chi connectivity index (χ0) is 29.4. The first-order valence-electron chi connectivity index (χ1n) is 16.4. The number of carbonyl (C=O) groups excluding carboxylic acids is 1. The van der Waals surface area contributed by atoms with Crippen LogP contribution in [0.3, 0.4) is 0 Å². The lowest BCUT2D eigenvalue weighted by atomic mass is 9.90. The van der Waals surface area contributed by atoms with Crippen LogP contribution in [-0.2, 0) is 9.59 Å². The van der Waals surface area contributed by atoms with Gasteiger partial charge in [0.15, 0.2) is 0 Å². The molecule has 1 saturated heterocycles. The molecule has 0 atom stereocenters. The summed E-state index contributed by atoms with van der Waals surface area (Å²) < 4.78 is 0. The van der Waals surface area contributed by atoms with Crippen molar-refractivity contribution in [2.75, 3.05) is 26.2 Å². The third-order valence-electron chi connectivity index (χ3n) is 7.95. The van der Waals surface area contributed by atoms with Crippen LogP contribution >= 0.6 is 0 Å². The minimum atomic E-state index is -0.655. The Morgan fingerprint density at radius 3 is 1.59 bits per heavy atom.